The molecular weight excluding hydrogens is 368 g/mol. The van der Waals surface area contributed by atoms with Gasteiger partial charge in [0.25, 0.3) is 5.91 Å². The number of carbonyl (C=O) groups is 2. The number of nitrogens with one attached hydrogen (secondary N) is 2. The lowest BCUT2D eigenvalue weighted by molar-refractivity contribution is -0.114. The highest BCUT2D eigenvalue weighted by atomic mass is 16.5. The summed E-state index contributed by atoms with van der Waals surface area (Å²) in [4.78, 5) is 24.0. The van der Waals surface area contributed by atoms with Gasteiger partial charge < -0.3 is 15.4 Å². The van der Waals surface area contributed by atoms with Crippen LogP contribution >= 0.6 is 0 Å². The molecule has 2 amide bonds. The minimum Gasteiger partial charge on any atom is -0.497 e. The number of anilines is 2. The number of hydrogen-bond acceptors (Lipinski definition) is 4. The molecular formula is C22H22N4O3. The zero-order valence-electron chi connectivity index (χ0n) is 16.3. The van der Waals surface area contributed by atoms with Crippen LogP contribution in [0.5, 0.6) is 5.75 Å². The Morgan fingerprint density at radius 3 is 2.34 bits per heavy atom. The third-order valence-corrected chi connectivity index (χ3v) is 4.72. The largest absolute Gasteiger partial charge is 0.497 e. The Bertz CT molecular complexity index is 1050. The van der Waals surface area contributed by atoms with Gasteiger partial charge in [0.15, 0.2) is 5.69 Å². The van der Waals surface area contributed by atoms with Gasteiger partial charge in [0.1, 0.15) is 5.75 Å². The van der Waals surface area contributed by atoms with Crippen molar-refractivity contribution in [1.29, 1.82) is 0 Å². The van der Waals surface area contributed by atoms with Crippen molar-refractivity contribution < 1.29 is 14.3 Å². The van der Waals surface area contributed by atoms with Gasteiger partial charge in [-0.1, -0.05) is 6.07 Å². The topological polar surface area (TPSA) is 85.2 Å². The first-order valence-electron chi connectivity index (χ1n) is 9.47. The van der Waals surface area contributed by atoms with E-state index in [0.29, 0.717) is 23.0 Å². The van der Waals surface area contributed by atoms with Crippen LogP contribution in [0.3, 0.4) is 0 Å². The first kappa shape index (κ1) is 18.7. The second-order valence-corrected chi connectivity index (χ2v) is 7.05. The van der Waals surface area contributed by atoms with Crippen molar-refractivity contribution in [2.45, 2.75) is 25.7 Å². The SMILES string of the molecule is COc1ccc(-n2nc(C(=O)Nc3cccc(NC(C)=O)c3)cc2C2CC2)cc1. The van der Waals surface area contributed by atoms with E-state index in [-0.39, 0.29) is 11.8 Å². The molecule has 1 aliphatic rings. The molecule has 4 rings (SSSR count). The van der Waals surface area contributed by atoms with Crippen LogP contribution < -0.4 is 15.4 Å². The molecule has 2 aromatic carbocycles. The normalized spacial score (nSPS) is 13.0. The summed E-state index contributed by atoms with van der Waals surface area (Å²) in [5, 5.41) is 10.1. The molecule has 0 saturated heterocycles. The molecule has 2 N–H and O–H groups in total. The molecule has 1 saturated carbocycles. The summed E-state index contributed by atoms with van der Waals surface area (Å²) in [7, 11) is 1.63. The molecule has 1 aromatic heterocycles. The molecule has 0 radical (unpaired) electrons. The minimum atomic E-state index is -0.292. The van der Waals surface area contributed by atoms with E-state index in [1.165, 1.54) is 6.92 Å². The molecule has 0 aliphatic heterocycles. The molecule has 1 heterocycles. The summed E-state index contributed by atoms with van der Waals surface area (Å²) in [5.74, 6) is 0.736. The second-order valence-electron chi connectivity index (χ2n) is 7.05. The van der Waals surface area contributed by atoms with Crippen molar-refractivity contribution in [3.63, 3.8) is 0 Å². The van der Waals surface area contributed by atoms with Crippen molar-refractivity contribution >= 4 is 23.2 Å². The van der Waals surface area contributed by atoms with Gasteiger partial charge in [-0.15, -0.1) is 0 Å². The summed E-state index contributed by atoms with van der Waals surface area (Å²) < 4.78 is 7.05. The number of carbonyl (C=O) groups excluding carboxylic acids is 2. The summed E-state index contributed by atoms with van der Waals surface area (Å²) >= 11 is 0. The zero-order valence-corrected chi connectivity index (χ0v) is 16.3. The first-order valence-corrected chi connectivity index (χ1v) is 9.47. The summed E-state index contributed by atoms with van der Waals surface area (Å²) in [6.07, 6.45) is 2.20. The number of methoxy groups -OCH3 is 1. The lowest BCUT2D eigenvalue weighted by Crippen LogP contribution is -2.13. The Kier molecular flexibility index (Phi) is 5.03. The molecule has 1 aliphatic carbocycles. The minimum absolute atomic E-state index is 0.166. The van der Waals surface area contributed by atoms with Crippen molar-refractivity contribution in [1.82, 2.24) is 9.78 Å². The molecule has 0 spiro atoms. The Hall–Kier alpha value is -3.61. The van der Waals surface area contributed by atoms with Gasteiger partial charge in [0.05, 0.1) is 12.8 Å². The van der Waals surface area contributed by atoms with Gasteiger partial charge in [-0.25, -0.2) is 4.68 Å². The van der Waals surface area contributed by atoms with E-state index >= 15 is 0 Å². The molecule has 148 valence electrons. The van der Waals surface area contributed by atoms with Gasteiger partial charge in [0.2, 0.25) is 5.91 Å². The number of nitrogens with zero attached hydrogens (tertiary/aromatic N) is 2. The maximum atomic E-state index is 12.8. The molecule has 7 heteroatoms. The van der Waals surface area contributed by atoms with E-state index in [2.05, 4.69) is 15.7 Å². The number of amides is 2. The maximum absolute atomic E-state index is 12.8. The van der Waals surface area contributed by atoms with E-state index in [1.807, 2.05) is 35.0 Å². The summed E-state index contributed by atoms with van der Waals surface area (Å²) in [5.41, 5.74) is 3.49. The number of hydrogen-bond donors (Lipinski definition) is 2. The second kappa shape index (κ2) is 7.79. The predicted octanol–water partition coefficient (Wildman–Crippen LogP) is 3.97. The van der Waals surface area contributed by atoms with Crippen molar-refractivity contribution in [3.05, 3.63) is 66.0 Å². The summed E-state index contributed by atoms with van der Waals surface area (Å²) in [6.45, 7) is 1.44. The standard InChI is InChI=1S/C22H22N4O3/c1-14(27)23-16-4-3-5-17(12-16)24-22(28)20-13-21(15-6-7-15)26(25-20)18-8-10-19(29-2)11-9-18/h3-5,8-13,15H,6-7H2,1-2H3,(H,23,27)(H,24,28). The zero-order chi connectivity index (χ0) is 20.4. The fourth-order valence-electron chi connectivity index (χ4n) is 3.18. The van der Waals surface area contributed by atoms with E-state index in [4.69, 9.17) is 4.74 Å². The van der Waals surface area contributed by atoms with Crippen LogP contribution in [0.15, 0.2) is 54.6 Å². The number of rotatable bonds is 6. The van der Waals surface area contributed by atoms with Gasteiger partial charge in [-0.05, 0) is 61.4 Å². The fourth-order valence-corrected chi connectivity index (χ4v) is 3.18. The van der Waals surface area contributed by atoms with E-state index in [9.17, 15) is 9.59 Å². The van der Waals surface area contributed by atoms with Crippen LogP contribution in [-0.2, 0) is 4.79 Å². The van der Waals surface area contributed by atoms with Crippen LogP contribution in [0.25, 0.3) is 5.69 Å². The van der Waals surface area contributed by atoms with E-state index < -0.39 is 0 Å². The Morgan fingerprint density at radius 2 is 1.72 bits per heavy atom. The quantitative estimate of drug-likeness (QED) is 0.667. The third-order valence-electron chi connectivity index (χ3n) is 4.72. The molecule has 0 unspecified atom stereocenters. The molecule has 3 aromatic rings. The smallest absolute Gasteiger partial charge is 0.276 e. The predicted molar refractivity (Wildman–Crippen MR) is 111 cm³/mol. The monoisotopic (exact) mass is 390 g/mol. The lowest BCUT2D eigenvalue weighted by atomic mass is 10.2. The van der Waals surface area contributed by atoms with Crippen molar-refractivity contribution in [2.75, 3.05) is 17.7 Å². The van der Waals surface area contributed by atoms with Crippen LogP contribution in [0.2, 0.25) is 0 Å². The van der Waals surface area contributed by atoms with Crippen LogP contribution in [-0.4, -0.2) is 28.7 Å². The number of ether oxygens (including phenoxy) is 1. The molecule has 0 bridgehead atoms. The van der Waals surface area contributed by atoms with Crippen LogP contribution in [0.4, 0.5) is 11.4 Å². The highest BCUT2D eigenvalue weighted by Gasteiger charge is 2.29. The third kappa shape index (κ3) is 4.29. The average Bonchev–Trinajstić information content (AvgIpc) is 3.46. The van der Waals surface area contributed by atoms with Crippen LogP contribution in [0.1, 0.15) is 41.9 Å². The average molecular weight is 390 g/mol. The maximum Gasteiger partial charge on any atom is 0.276 e. The van der Waals surface area contributed by atoms with E-state index in [1.54, 1.807) is 31.4 Å². The number of aromatic nitrogens is 2. The Labute approximate surface area is 168 Å². The van der Waals surface area contributed by atoms with Crippen LogP contribution in [0, 0.1) is 0 Å². The lowest BCUT2D eigenvalue weighted by Gasteiger charge is -2.08. The highest BCUT2D eigenvalue weighted by Crippen LogP contribution is 2.41. The Morgan fingerprint density at radius 1 is 1.03 bits per heavy atom. The number of benzene rings is 2. The first-order chi connectivity index (χ1) is 14.0. The van der Waals surface area contributed by atoms with E-state index in [0.717, 1.165) is 30.0 Å². The molecule has 1 fully saturated rings. The molecule has 29 heavy (non-hydrogen) atoms. The molecule has 0 atom stereocenters. The van der Waals surface area contributed by atoms with Gasteiger partial charge in [-0.3, -0.25) is 9.59 Å². The van der Waals surface area contributed by atoms with Crippen molar-refractivity contribution in [3.8, 4) is 11.4 Å². The highest BCUT2D eigenvalue weighted by molar-refractivity contribution is 6.03. The van der Waals surface area contributed by atoms with Gasteiger partial charge in [0, 0.05) is 29.9 Å². The van der Waals surface area contributed by atoms with Gasteiger partial charge in [-0.2, -0.15) is 5.10 Å². The van der Waals surface area contributed by atoms with Gasteiger partial charge >= 0.3 is 0 Å². The van der Waals surface area contributed by atoms with Crippen molar-refractivity contribution in [2.24, 2.45) is 0 Å². The Balaban J connectivity index is 1.58. The fraction of sp³-hybridized carbons (Fsp3) is 0.227. The molecule has 7 nitrogen and oxygen atoms in total. The summed E-state index contributed by atoms with van der Waals surface area (Å²) in [6, 6.07) is 16.5.